The Morgan fingerprint density at radius 3 is 1.08 bits per heavy atom. The summed E-state index contributed by atoms with van der Waals surface area (Å²) in [7, 11) is 0.623. The molecule has 2 aliphatic rings. The summed E-state index contributed by atoms with van der Waals surface area (Å²) >= 11 is 25.6. The minimum absolute atomic E-state index is 0.0448. The van der Waals surface area contributed by atoms with Crippen LogP contribution in [0.15, 0.2) is 82.6 Å². The fourth-order valence-corrected chi connectivity index (χ4v) is 13.1. The smallest absolute Gasteiger partial charge is 0.314 e. The Balaban J connectivity index is 0.694. The second-order valence-electron chi connectivity index (χ2n) is 20.5. The molecule has 4 amide bonds. The standard InChI is InChI=1S/C56H78Cl4N8O8S2/c1-67(2)51-37-45-47(33-39(57)35-49(45)59)53(51)75-41-19-23-43(24-20-41)77(71,72)65-31-15-11-7-5-9-13-27-61-55(69)63-29-17-18-30-64-56(70)62-28-14-10-6-8-12-16-32-66-78(73,74)44-25-21-42(22-26-44)76-54-48-34-40(58)36-50(60)46(48)38-52(54)68(3)4/h19-26,33-36,51-54,65-66H,5-18,27-32,37-38H2,1-4H3,(H2,61,63,69)(H2,62,64,70)/t51-,52-,53-,54-/m0/s1. The monoisotopic (exact) mass is 1190 g/mol. The van der Waals surface area contributed by atoms with Crippen LogP contribution < -0.4 is 40.2 Å². The molecule has 6 N–H and O–H groups in total. The van der Waals surface area contributed by atoms with Crippen LogP contribution >= 0.6 is 46.4 Å². The van der Waals surface area contributed by atoms with Crippen molar-refractivity contribution >= 4 is 78.5 Å². The van der Waals surface area contributed by atoms with Crippen molar-refractivity contribution in [2.75, 3.05) is 67.5 Å². The third kappa shape index (κ3) is 19.3. The number of nitrogens with zero attached hydrogens (tertiary/aromatic N) is 2. The summed E-state index contributed by atoms with van der Waals surface area (Å²) in [6.45, 7) is 2.87. The van der Waals surface area contributed by atoms with E-state index < -0.39 is 20.0 Å². The molecule has 6 rings (SSSR count). The van der Waals surface area contributed by atoms with Gasteiger partial charge in [-0.3, -0.25) is 0 Å². The Morgan fingerprint density at radius 1 is 0.462 bits per heavy atom. The number of ether oxygens (including phenoxy) is 2. The minimum Gasteiger partial charge on any atom is -0.484 e. The van der Waals surface area contributed by atoms with Crippen LogP contribution in [0.4, 0.5) is 9.59 Å². The molecule has 78 heavy (non-hydrogen) atoms. The van der Waals surface area contributed by atoms with Crippen LogP contribution in [0.2, 0.25) is 20.1 Å². The number of hydrogen-bond acceptors (Lipinski definition) is 10. The fourth-order valence-electron chi connectivity index (χ4n) is 9.79. The van der Waals surface area contributed by atoms with Gasteiger partial charge in [-0.1, -0.05) is 97.8 Å². The molecule has 0 bridgehead atoms. The van der Waals surface area contributed by atoms with Crippen molar-refractivity contribution in [2.24, 2.45) is 0 Å². The zero-order valence-corrected chi connectivity index (χ0v) is 49.9. The van der Waals surface area contributed by atoms with Gasteiger partial charge in [-0.25, -0.2) is 35.9 Å². The molecule has 4 atom stereocenters. The molecule has 0 aliphatic heterocycles. The van der Waals surface area contributed by atoms with Crippen molar-refractivity contribution in [3.8, 4) is 11.5 Å². The van der Waals surface area contributed by atoms with Gasteiger partial charge >= 0.3 is 12.1 Å². The largest absolute Gasteiger partial charge is 0.484 e. The van der Waals surface area contributed by atoms with Crippen LogP contribution in [-0.2, 0) is 32.9 Å². The first kappa shape index (κ1) is 63.1. The van der Waals surface area contributed by atoms with Gasteiger partial charge in [0.25, 0.3) is 0 Å². The van der Waals surface area contributed by atoms with Crippen LogP contribution in [0, 0.1) is 0 Å². The van der Waals surface area contributed by atoms with Crippen molar-refractivity contribution in [3.63, 3.8) is 0 Å². The van der Waals surface area contributed by atoms with Gasteiger partial charge in [-0.15, -0.1) is 0 Å². The van der Waals surface area contributed by atoms with E-state index in [2.05, 4.69) is 40.5 Å². The highest BCUT2D eigenvalue weighted by atomic mass is 35.5. The topological polar surface area (TPSA) is 200 Å². The van der Waals surface area contributed by atoms with Gasteiger partial charge in [0, 0.05) is 70.5 Å². The summed E-state index contributed by atoms with van der Waals surface area (Å²) < 4.78 is 70.1. The maximum absolute atomic E-state index is 13.0. The lowest BCUT2D eigenvalue weighted by Gasteiger charge is -2.27. The van der Waals surface area contributed by atoms with E-state index >= 15 is 0 Å². The van der Waals surface area contributed by atoms with Gasteiger partial charge in [0.15, 0.2) is 0 Å². The van der Waals surface area contributed by atoms with Gasteiger partial charge < -0.3 is 40.5 Å². The highest BCUT2D eigenvalue weighted by Crippen LogP contribution is 2.44. The molecule has 430 valence electrons. The molecule has 4 aromatic rings. The van der Waals surface area contributed by atoms with E-state index in [1.54, 1.807) is 60.7 Å². The normalized spacial score (nSPS) is 17.0. The first-order chi connectivity index (χ1) is 37.3. The van der Waals surface area contributed by atoms with E-state index in [0.717, 1.165) is 125 Å². The zero-order valence-electron chi connectivity index (χ0n) is 45.3. The predicted octanol–water partition coefficient (Wildman–Crippen LogP) is 10.8. The van der Waals surface area contributed by atoms with Gasteiger partial charge in [-0.05, 0) is 163 Å². The average molecular weight is 1200 g/mol. The van der Waals surface area contributed by atoms with E-state index in [1.807, 2.05) is 40.3 Å². The number of amides is 4. The first-order valence-electron chi connectivity index (χ1n) is 27.2. The molecular formula is C56H78Cl4N8O8S2. The SMILES string of the molecule is CN(C)[C@H]1Cc2c(Cl)cc(Cl)cc2[C@@H]1Oc1ccc(S(=O)(=O)NCCCCCCCCNC(=O)NCCCCNC(=O)NCCCCCCCCNS(=O)(=O)c2ccc(O[C@H]3c4cc(Cl)cc(Cl)c4C[C@@H]3N(C)C)cc2)cc1. The summed E-state index contributed by atoms with van der Waals surface area (Å²) in [6, 6.07) is 19.9. The van der Waals surface area contributed by atoms with E-state index in [9.17, 15) is 26.4 Å². The number of benzene rings is 4. The summed E-state index contributed by atoms with van der Waals surface area (Å²) in [5.41, 5.74) is 3.90. The molecule has 0 unspecified atom stereocenters. The highest BCUT2D eigenvalue weighted by Gasteiger charge is 2.39. The number of carbonyl (C=O) groups excluding carboxylic acids is 2. The fraction of sp³-hybridized carbons (Fsp3) is 0.536. The van der Waals surface area contributed by atoms with Crippen LogP contribution in [0.25, 0.3) is 0 Å². The van der Waals surface area contributed by atoms with Crippen molar-refractivity contribution < 1.29 is 35.9 Å². The lowest BCUT2D eigenvalue weighted by molar-refractivity contribution is 0.111. The van der Waals surface area contributed by atoms with Gasteiger partial charge in [0.1, 0.15) is 23.7 Å². The Hall–Kier alpha value is -4.08. The van der Waals surface area contributed by atoms with Crippen LogP contribution in [-0.4, -0.2) is 118 Å². The Labute approximate surface area is 482 Å². The predicted molar refractivity (Wildman–Crippen MR) is 313 cm³/mol. The lowest BCUT2D eigenvalue weighted by atomic mass is 10.1. The number of halogens is 4. The quantitative estimate of drug-likeness (QED) is 0.0250. The van der Waals surface area contributed by atoms with Crippen molar-refractivity contribution in [3.05, 3.63) is 115 Å². The molecule has 0 fully saturated rings. The number of rotatable bonds is 33. The Morgan fingerprint density at radius 2 is 0.756 bits per heavy atom. The third-order valence-corrected chi connectivity index (χ3v) is 18.3. The zero-order chi connectivity index (χ0) is 56.2. The maximum atomic E-state index is 13.0. The minimum atomic E-state index is -3.67. The number of urea groups is 2. The molecule has 0 saturated carbocycles. The number of carbonyl (C=O) groups is 2. The molecule has 0 heterocycles. The van der Waals surface area contributed by atoms with E-state index in [-0.39, 0.29) is 46.1 Å². The Kier molecular flexibility index (Phi) is 25.3. The molecule has 0 radical (unpaired) electrons. The molecule has 0 spiro atoms. The highest BCUT2D eigenvalue weighted by molar-refractivity contribution is 7.89. The van der Waals surface area contributed by atoms with E-state index in [0.29, 0.717) is 70.9 Å². The summed E-state index contributed by atoms with van der Waals surface area (Å²) in [6.07, 6.45) is 13.1. The van der Waals surface area contributed by atoms with Crippen LogP contribution in [0.1, 0.15) is 124 Å². The second kappa shape index (κ2) is 31.2. The number of nitrogens with one attached hydrogen (secondary N) is 6. The average Bonchev–Trinajstić information content (AvgIpc) is 4.13. The number of hydrogen-bond donors (Lipinski definition) is 6. The number of likely N-dealkylation sites (N-methyl/N-ethyl adjacent to an activating group) is 2. The van der Waals surface area contributed by atoms with Crippen molar-refractivity contribution in [1.82, 2.24) is 40.5 Å². The van der Waals surface area contributed by atoms with Crippen molar-refractivity contribution in [2.45, 2.75) is 137 Å². The van der Waals surface area contributed by atoms with Crippen LogP contribution in [0.3, 0.4) is 0 Å². The van der Waals surface area contributed by atoms with E-state index in [1.165, 1.54) is 0 Å². The first-order valence-corrected chi connectivity index (χ1v) is 31.7. The molecule has 0 aromatic heterocycles. The maximum Gasteiger partial charge on any atom is 0.314 e. The number of fused-ring (bicyclic) bond motifs is 2. The third-order valence-electron chi connectivity index (χ3n) is 14.2. The molecule has 22 heteroatoms. The van der Waals surface area contributed by atoms with E-state index in [4.69, 9.17) is 55.9 Å². The molecule has 0 saturated heterocycles. The van der Waals surface area contributed by atoms with Gasteiger partial charge in [0.05, 0.1) is 21.9 Å². The van der Waals surface area contributed by atoms with Gasteiger partial charge in [-0.2, -0.15) is 0 Å². The summed E-state index contributed by atoms with van der Waals surface area (Å²) in [4.78, 5) is 28.9. The van der Waals surface area contributed by atoms with Crippen molar-refractivity contribution in [1.29, 1.82) is 0 Å². The molecule has 2 aliphatic carbocycles. The number of unbranched alkanes of at least 4 members (excludes halogenated alkanes) is 11. The molecule has 16 nitrogen and oxygen atoms in total. The van der Waals surface area contributed by atoms with Crippen LogP contribution in [0.5, 0.6) is 11.5 Å². The summed E-state index contributed by atoms with van der Waals surface area (Å²) in [5, 5.41) is 13.8. The second-order valence-corrected chi connectivity index (χ2v) is 25.7. The number of sulfonamides is 2. The van der Waals surface area contributed by atoms with Gasteiger partial charge in [0.2, 0.25) is 20.0 Å². The Bertz CT molecular complexity index is 2610. The lowest BCUT2D eigenvalue weighted by Crippen LogP contribution is -2.38. The summed E-state index contributed by atoms with van der Waals surface area (Å²) in [5.74, 6) is 1.11. The molecule has 4 aromatic carbocycles. The molecular weight excluding hydrogens is 1120 g/mol.